The number of hydrogen-bond donors (Lipinski definition) is 2. The fourth-order valence-electron chi connectivity index (χ4n) is 2.13. The Morgan fingerprint density at radius 2 is 1.71 bits per heavy atom. The smallest absolute Gasteiger partial charge is 0.141 e. The SMILES string of the molecule is C=C(NCc1ccc(F)c(Cl)c1)C(=C)C(=C(C)C)N(C)C.C=CN.CC(C)C. The van der Waals surface area contributed by atoms with Gasteiger partial charge < -0.3 is 16.0 Å². The molecule has 0 heterocycles. The molecule has 3 N–H and O–H groups in total. The van der Waals surface area contributed by atoms with Gasteiger partial charge in [-0.15, -0.1) is 0 Å². The topological polar surface area (TPSA) is 41.3 Å². The average Bonchev–Trinajstić information content (AvgIpc) is 2.55. The molecule has 0 aliphatic rings. The van der Waals surface area contributed by atoms with Gasteiger partial charge in [0.1, 0.15) is 5.82 Å². The molecule has 28 heavy (non-hydrogen) atoms. The summed E-state index contributed by atoms with van der Waals surface area (Å²) in [6.45, 7) is 22.3. The lowest BCUT2D eigenvalue weighted by Gasteiger charge is -2.23. The second-order valence-corrected chi connectivity index (χ2v) is 7.68. The molecule has 0 aromatic heterocycles. The molecule has 0 radical (unpaired) electrons. The van der Waals surface area contributed by atoms with E-state index in [-0.39, 0.29) is 5.02 Å². The third kappa shape index (κ3) is 12.2. The van der Waals surface area contributed by atoms with Crippen molar-refractivity contribution in [3.05, 3.63) is 83.1 Å². The Kier molecular flexibility index (Phi) is 14.8. The maximum Gasteiger partial charge on any atom is 0.141 e. The predicted octanol–water partition coefficient (Wildman–Crippen LogP) is 6.25. The third-order valence-electron chi connectivity index (χ3n) is 3.06. The molecule has 0 unspecified atom stereocenters. The van der Waals surface area contributed by atoms with Crippen molar-refractivity contribution in [3.63, 3.8) is 0 Å². The zero-order chi connectivity index (χ0) is 22.4. The maximum absolute atomic E-state index is 13.1. The van der Waals surface area contributed by atoms with Crippen LogP contribution in [0.15, 0.2) is 66.7 Å². The van der Waals surface area contributed by atoms with Crippen LogP contribution >= 0.6 is 11.6 Å². The highest BCUT2D eigenvalue weighted by Gasteiger charge is 2.10. The van der Waals surface area contributed by atoms with Crippen LogP contribution < -0.4 is 11.1 Å². The number of halogens is 2. The number of nitrogens with two attached hydrogens (primary N) is 1. The van der Waals surface area contributed by atoms with Gasteiger partial charge in [0.2, 0.25) is 0 Å². The predicted molar refractivity (Wildman–Crippen MR) is 123 cm³/mol. The van der Waals surface area contributed by atoms with E-state index in [1.165, 1.54) is 12.3 Å². The van der Waals surface area contributed by atoms with Gasteiger partial charge >= 0.3 is 0 Å². The number of hydrogen-bond acceptors (Lipinski definition) is 3. The van der Waals surface area contributed by atoms with Crippen LogP contribution in [0.2, 0.25) is 5.02 Å². The van der Waals surface area contributed by atoms with E-state index >= 15 is 0 Å². The number of nitrogens with one attached hydrogen (secondary N) is 1. The number of benzene rings is 1. The lowest BCUT2D eigenvalue weighted by molar-refractivity contribution is 0.514. The van der Waals surface area contributed by atoms with Crippen molar-refractivity contribution in [3.8, 4) is 0 Å². The van der Waals surface area contributed by atoms with E-state index in [0.717, 1.165) is 34.0 Å². The Bertz CT molecular complexity index is 670. The normalized spacial score (nSPS) is 9.21. The van der Waals surface area contributed by atoms with Crippen LogP contribution in [0.25, 0.3) is 0 Å². The van der Waals surface area contributed by atoms with Gasteiger partial charge in [0.25, 0.3) is 0 Å². The molecule has 1 aromatic rings. The van der Waals surface area contributed by atoms with Crippen LogP contribution in [-0.4, -0.2) is 19.0 Å². The Hall–Kier alpha value is -2.20. The van der Waals surface area contributed by atoms with E-state index in [1.807, 2.05) is 32.8 Å². The standard InChI is InChI=1S/C17H22ClFN2.C4H10.C2H5N/c1-11(2)17(21(5)6)12(3)13(4)20-10-14-7-8-16(19)15(18)9-14;1-4(2)3;1-2-3/h7-9,20H,3-4,10H2,1-2,5-6H3;4H,1-3H3;2H,1,3H2. The summed E-state index contributed by atoms with van der Waals surface area (Å²) in [6, 6.07) is 4.66. The van der Waals surface area contributed by atoms with Gasteiger partial charge in [0.15, 0.2) is 0 Å². The molecule has 1 aromatic carbocycles. The molecule has 0 saturated heterocycles. The summed E-state index contributed by atoms with van der Waals surface area (Å²) in [4.78, 5) is 2.01. The van der Waals surface area contributed by atoms with E-state index in [9.17, 15) is 4.39 Å². The molecule has 0 saturated carbocycles. The first-order valence-corrected chi connectivity index (χ1v) is 9.50. The summed E-state index contributed by atoms with van der Waals surface area (Å²) < 4.78 is 13.1. The lowest BCUT2D eigenvalue weighted by atomic mass is 10.1. The van der Waals surface area contributed by atoms with Crippen molar-refractivity contribution in [2.75, 3.05) is 14.1 Å². The van der Waals surface area contributed by atoms with Crippen molar-refractivity contribution >= 4 is 11.6 Å². The summed E-state index contributed by atoms with van der Waals surface area (Å²) in [6.07, 6.45) is 1.25. The molecule has 1 rings (SSSR count). The zero-order valence-electron chi connectivity index (χ0n) is 18.5. The van der Waals surface area contributed by atoms with Gasteiger partial charge in [0, 0.05) is 37.6 Å². The molecule has 5 heteroatoms. The molecule has 0 aliphatic heterocycles. The summed E-state index contributed by atoms with van der Waals surface area (Å²) in [5.74, 6) is 0.420. The number of likely N-dealkylation sites (N-methyl/N-ethyl adjacent to an activating group) is 1. The van der Waals surface area contributed by atoms with Gasteiger partial charge in [-0.05, 0) is 43.7 Å². The quantitative estimate of drug-likeness (QED) is 0.546. The van der Waals surface area contributed by atoms with Crippen molar-refractivity contribution in [1.82, 2.24) is 10.2 Å². The molecule has 0 amide bonds. The minimum absolute atomic E-state index is 0.122. The van der Waals surface area contributed by atoms with Crippen LogP contribution in [0, 0.1) is 11.7 Å². The van der Waals surface area contributed by atoms with Crippen molar-refractivity contribution < 1.29 is 4.39 Å². The third-order valence-corrected chi connectivity index (χ3v) is 3.35. The lowest BCUT2D eigenvalue weighted by Crippen LogP contribution is -2.20. The number of nitrogens with zero attached hydrogens (tertiary/aromatic N) is 1. The molecule has 0 fully saturated rings. The van der Waals surface area contributed by atoms with Crippen LogP contribution in [0.5, 0.6) is 0 Å². The van der Waals surface area contributed by atoms with Gasteiger partial charge in [-0.2, -0.15) is 0 Å². The van der Waals surface area contributed by atoms with E-state index in [0.29, 0.717) is 6.54 Å². The van der Waals surface area contributed by atoms with Crippen LogP contribution in [0.4, 0.5) is 4.39 Å². The van der Waals surface area contributed by atoms with Crippen molar-refractivity contribution in [1.29, 1.82) is 0 Å². The van der Waals surface area contributed by atoms with Crippen LogP contribution in [0.1, 0.15) is 40.2 Å². The minimum atomic E-state index is -0.414. The fourth-order valence-corrected chi connectivity index (χ4v) is 2.33. The molecular formula is C23H37ClFN3. The highest BCUT2D eigenvalue weighted by molar-refractivity contribution is 6.30. The number of allylic oxidation sites excluding steroid dienone is 1. The molecular weight excluding hydrogens is 373 g/mol. The zero-order valence-corrected chi connectivity index (χ0v) is 19.3. The maximum atomic E-state index is 13.1. The van der Waals surface area contributed by atoms with Gasteiger partial charge in [-0.25, -0.2) is 4.39 Å². The first-order valence-electron chi connectivity index (χ1n) is 9.12. The molecule has 158 valence electrons. The van der Waals surface area contributed by atoms with Gasteiger partial charge in [0.05, 0.1) is 5.02 Å². The van der Waals surface area contributed by atoms with Crippen LogP contribution in [-0.2, 0) is 6.54 Å². The van der Waals surface area contributed by atoms with E-state index in [4.69, 9.17) is 11.6 Å². The second-order valence-electron chi connectivity index (χ2n) is 7.27. The van der Waals surface area contributed by atoms with E-state index in [2.05, 4.69) is 51.6 Å². The van der Waals surface area contributed by atoms with E-state index < -0.39 is 5.82 Å². The second kappa shape index (κ2) is 14.8. The van der Waals surface area contributed by atoms with Gasteiger partial charge in [-0.1, -0.05) is 63.7 Å². The molecule has 0 bridgehead atoms. The van der Waals surface area contributed by atoms with E-state index in [1.54, 1.807) is 12.1 Å². The first kappa shape index (κ1) is 28.0. The monoisotopic (exact) mass is 409 g/mol. The Balaban J connectivity index is 0. The Morgan fingerprint density at radius 1 is 1.25 bits per heavy atom. The summed E-state index contributed by atoms with van der Waals surface area (Å²) in [5.41, 5.74) is 9.29. The fraction of sp³-hybridized carbons (Fsp3) is 0.391. The first-order chi connectivity index (χ1) is 12.9. The summed E-state index contributed by atoms with van der Waals surface area (Å²) >= 11 is 5.77. The molecule has 3 nitrogen and oxygen atoms in total. The Morgan fingerprint density at radius 3 is 2.07 bits per heavy atom. The molecule has 0 spiro atoms. The summed E-state index contributed by atoms with van der Waals surface area (Å²) in [5, 5.41) is 3.32. The minimum Gasteiger partial charge on any atom is -0.405 e. The summed E-state index contributed by atoms with van der Waals surface area (Å²) in [7, 11) is 3.95. The molecule has 0 aliphatic carbocycles. The van der Waals surface area contributed by atoms with Gasteiger partial charge in [-0.3, -0.25) is 0 Å². The highest BCUT2D eigenvalue weighted by Crippen LogP contribution is 2.21. The van der Waals surface area contributed by atoms with Crippen LogP contribution in [0.3, 0.4) is 0 Å². The largest absolute Gasteiger partial charge is 0.405 e. The highest BCUT2D eigenvalue weighted by atomic mass is 35.5. The molecule has 0 atom stereocenters. The van der Waals surface area contributed by atoms with Crippen molar-refractivity contribution in [2.24, 2.45) is 11.7 Å². The average molecular weight is 410 g/mol. The Labute approximate surface area is 176 Å². The number of rotatable bonds is 6. The van der Waals surface area contributed by atoms with Crippen molar-refractivity contribution in [2.45, 2.75) is 41.2 Å².